The van der Waals surface area contributed by atoms with Crippen LogP contribution in [0.25, 0.3) is 0 Å². The molecule has 1 aliphatic carbocycles. The van der Waals surface area contributed by atoms with Gasteiger partial charge < -0.3 is 10.6 Å². The first-order valence-electron chi connectivity index (χ1n) is 6.75. The predicted molar refractivity (Wildman–Crippen MR) is 75.4 cm³/mol. The molecule has 0 bridgehead atoms. The minimum atomic E-state index is -4.19. The van der Waals surface area contributed by atoms with Gasteiger partial charge in [-0.05, 0) is 31.4 Å². The molecule has 3 nitrogen and oxygen atoms in total. The highest BCUT2D eigenvalue weighted by atomic mass is 35.5. The van der Waals surface area contributed by atoms with E-state index in [0.29, 0.717) is 23.6 Å². The summed E-state index contributed by atoms with van der Waals surface area (Å²) in [6, 6.07) is 5.69. The molecule has 1 aliphatic rings. The first-order chi connectivity index (χ1) is 9.86. The van der Waals surface area contributed by atoms with Gasteiger partial charge in [0.15, 0.2) is 0 Å². The van der Waals surface area contributed by atoms with Crippen molar-refractivity contribution in [3.05, 3.63) is 29.3 Å². The van der Waals surface area contributed by atoms with E-state index in [-0.39, 0.29) is 12.8 Å². The molecule has 0 saturated heterocycles. The summed E-state index contributed by atoms with van der Waals surface area (Å²) in [6.07, 6.45) is -3.11. The van der Waals surface area contributed by atoms with E-state index in [2.05, 4.69) is 10.6 Å². The van der Waals surface area contributed by atoms with Crippen LogP contribution in [0.1, 0.15) is 25.7 Å². The molecule has 1 aromatic carbocycles. The van der Waals surface area contributed by atoms with Crippen LogP contribution in [-0.2, 0) is 0 Å². The van der Waals surface area contributed by atoms with Gasteiger partial charge in [-0.3, -0.25) is 0 Å². The van der Waals surface area contributed by atoms with Crippen LogP contribution in [0, 0.1) is 5.92 Å². The molecular formula is C14H16ClF3N2O. The highest BCUT2D eigenvalue weighted by molar-refractivity contribution is 6.33. The number of hydrogen-bond acceptors (Lipinski definition) is 1. The van der Waals surface area contributed by atoms with Gasteiger partial charge in [-0.15, -0.1) is 0 Å². The molecule has 2 N–H and O–H groups in total. The van der Waals surface area contributed by atoms with Crippen molar-refractivity contribution < 1.29 is 18.0 Å². The van der Waals surface area contributed by atoms with Gasteiger partial charge in [0.05, 0.1) is 16.6 Å². The number of para-hydroxylation sites is 1. The minimum Gasteiger partial charge on any atom is -0.335 e. The van der Waals surface area contributed by atoms with E-state index in [1.807, 2.05) is 0 Å². The number of halogens is 4. The number of alkyl halides is 3. The lowest BCUT2D eigenvalue weighted by Gasteiger charge is -2.31. The molecule has 116 valence electrons. The summed E-state index contributed by atoms with van der Waals surface area (Å²) in [5.41, 5.74) is 0.430. The molecule has 0 heterocycles. The standard InChI is InChI=1S/C14H16ClF3N2O/c15-11-6-1-2-7-12(11)20-13(21)19-10-5-3-4-9(8-10)14(16,17)18/h1-2,6-7,9-10H,3-5,8H2,(H2,19,20,21)/t9-,10+/m0/s1. The highest BCUT2D eigenvalue weighted by Gasteiger charge is 2.42. The van der Waals surface area contributed by atoms with Crippen LogP contribution in [0.2, 0.25) is 5.02 Å². The Kier molecular flexibility index (Phi) is 4.98. The molecular weight excluding hydrogens is 305 g/mol. The third-order valence-corrected chi connectivity index (χ3v) is 3.92. The highest BCUT2D eigenvalue weighted by Crippen LogP contribution is 2.37. The second-order valence-electron chi connectivity index (χ2n) is 5.18. The summed E-state index contributed by atoms with van der Waals surface area (Å²) in [5.74, 6) is -1.34. The summed E-state index contributed by atoms with van der Waals surface area (Å²) >= 11 is 5.90. The van der Waals surface area contributed by atoms with E-state index in [1.54, 1.807) is 24.3 Å². The molecule has 2 amide bonds. The average Bonchev–Trinajstić information content (AvgIpc) is 2.41. The lowest BCUT2D eigenvalue weighted by molar-refractivity contribution is -0.183. The second-order valence-corrected chi connectivity index (χ2v) is 5.59. The minimum absolute atomic E-state index is 0.0700. The molecule has 1 aromatic rings. The van der Waals surface area contributed by atoms with Crippen LogP contribution in [0.3, 0.4) is 0 Å². The van der Waals surface area contributed by atoms with Crippen molar-refractivity contribution in [3.8, 4) is 0 Å². The van der Waals surface area contributed by atoms with Crippen LogP contribution in [0.4, 0.5) is 23.7 Å². The monoisotopic (exact) mass is 320 g/mol. The summed E-state index contributed by atoms with van der Waals surface area (Å²) < 4.78 is 38.1. The number of amides is 2. The average molecular weight is 321 g/mol. The number of urea groups is 1. The second kappa shape index (κ2) is 6.56. The van der Waals surface area contributed by atoms with Crippen molar-refractivity contribution >= 4 is 23.3 Å². The number of anilines is 1. The first-order valence-corrected chi connectivity index (χ1v) is 7.13. The first kappa shape index (κ1) is 15.9. The number of hydrogen-bond donors (Lipinski definition) is 2. The number of rotatable bonds is 2. The van der Waals surface area contributed by atoms with E-state index in [9.17, 15) is 18.0 Å². The van der Waals surface area contributed by atoms with Gasteiger partial charge in [0.25, 0.3) is 0 Å². The Labute approximate surface area is 125 Å². The fraction of sp³-hybridized carbons (Fsp3) is 0.500. The fourth-order valence-corrected chi connectivity index (χ4v) is 2.71. The van der Waals surface area contributed by atoms with Crippen LogP contribution in [0.5, 0.6) is 0 Å². The van der Waals surface area contributed by atoms with Gasteiger partial charge in [-0.25, -0.2) is 4.79 Å². The Morgan fingerprint density at radius 1 is 1.24 bits per heavy atom. The van der Waals surface area contributed by atoms with Crippen molar-refractivity contribution in [3.63, 3.8) is 0 Å². The molecule has 0 unspecified atom stereocenters. The van der Waals surface area contributed by atoms with Gasteiger partial charge >= 0.3 is 12.2 Å². The van der Waals surface area contributed by atoms with E-state index < -0.39 is 24.2 Å². The predicted octanol–water partition coefficient (Wildman–Crippen LogP) is 4.58. The molecule has 7 heteroatoms. The van der Waals surface area contributed by atoms with E-state index >= 15 is 0 Å². The smallest absolute Gasteiger partial charge is 0.335 e. The third-order valence-electron chi connectivity index (χ3n) is 3.59. The molecule has 1 saturated carbocycles. The zero-order valence-electron chi connectivity index (χ0n) is 11.2. The summed E-state index contributed by atoms with van der Waals surface area (Å²) in [7, 11) is 0. The van der Waals surface area contributed by atoms with Gasteiger partial charge in [-0.2, -0.15) is 13.2 Å². The van der Waals surface area contributed by atoms with E-state index in [4.69, 9.17) is 11.6 Å². The maximum Gasteiger partial charge on any atom is 0.391 e. The number of benzene rings is 1. The summed E-state index contributed by atoms with van der Waals surface area (Å²) in [4.78, 5) is 11.8. The molecule has 21 heavy (non-hydrogen) atoms. The molecule has 0 spiro atoms. The van der Waals surface area contributed by atoms with Gasteiger partial charge in [0.1, 0.15) is 0 Å². The fourth-order valence-electron chi connectivity index (χ4n) is 2.52. The van der Waals surface area contributed by atoms with Crippen molar-refractivity contribution in [1.29, 1.82) is 0 Å². The topological polar surface area (TPSA) is 41.1 Å². The molecule has 0 aromatic heterocycles. The van der Waals surface area contributed by atoms with Crippen LogP contribution >= 0.6 is 11.6 Å². The van der Waals surface area contributed by atoms with Crippen LogP contribution < -0.4 is 10.6 Å². The van der Waals surface area contributed by atoms with Crippen LogP contribution in [0.15, 0.2) is 24.3 Å². The Hall–Kier alpha value is -1.43. The molecule has 2 atom stereocenters. The zero-order chi connectivity index (χ0) is 15.5. The van der Waals surface area contributed by atoms with Crippen molar-refractivity contribution in [2.75, 3.05) is 5.32 Å². The summed E-state index contributed by atoms with van der Waals surface area (Å²) in [6.45, 7) is 0. The Balaban J connectivity index is 1.89. The maximum absolute atomic E-state index is 12.7. The van der Waals surface area contributed by atoms with E-state index in [1.165, 1.54) is 0 Å². The molecule has 0 radical (unpaired) electrons. The van der Waals surface area contributed by atoms with Crippen molar-refractivity contribution in [2.24, 2.45) is 5.92 Å². The largest absolute Gasteiger partial charge is 0.391 e. The number of carbonyl (C=O) groups is 1. The Bertz CT molecular complexity index is 507. The number of nitrogens with one attached hydrogen (secondary N) is 2. The van der Waals surface area contributed by atoms with E-state index in [0.717, 1.165) is 0 Å². The Morgan fingerprint density at radius 3 is 2.62 bits per heavy atom. The molecule has 1 fully saturated rings. The quantitative estimate of drug-likeness (QED) is 0.822. The normalized spacial score (nSPS) is 22.7. The third kappa shape index (κ3) is 4.52. The molecule has 2 rings (SSSR count). The van der Waals surface area contributed by atoms with Crippen molar-refractivity contribution in [1.82, 2.24) is 5.32 Å². The zero-order valence-corrected chi connectivity index (χ0v) is 12.0. The lowest BCUT2D eigenvalue weighted by Crippen LogP contribution is -2.43. The Morgan fingerprint density at radius 2 is 1.95 bits per heavy atom. The SMILES string of the molecule is O=C(Nc1ccccc1Cl)N[C@@H]1CCC[C@H](C(F)(F)F)C1. The van der Waals surface area contributed by atoms with Gasteiger partial charge in [0.2, 0.25) is 0 Å². The van der Waals surface area contributed by atoms with Gasteiger partial charge in [0, 0.05) is 6.04 Å². The van der Waals surface area contributed by atoms with Crippen molar-refractivity contribution in [2.45, 2.75) is 37.9 Å². The summed E-state index contributed by atoms with van der Waals surface area (Å²) in [5, 5.41) is 5.51. The van der Waals surface area contributed by atoms with Crippen LogP contribution in [-0.4, -0.2) is 18.2 Å². The lowest BCUT2D eigenvalue weighted by atomic mass is 9.85. The number of carbonyl (C=O) groups excluding carboxylic acids is 1. The van der Waals surface area contributed by atoms with Gasteiger partial charge in [-0.1, -0.05) is 30.2 Å². The maximum atomic E-state index is 12.7. The molecule has 0 aliphatic heterocycles.